The van der Waals surface area contributed by atoms with E-state index in [2.05, 4.69) is 157 Å². The van der Waals surface area contributed by atoms with Gasteiger partial charge in [0.1, 0.15) is 11.2 Å². The van der Waals surface area contributed by atoms with Gasteiger partial charge in [0.05, 0.1) is 5.69 Å². The lowest BCUT2D eigenvalue weighted by atomic mass is 9.98. The van der Waals surface area contributed by atoms with Gasteiger partial charge in [-0.2, -0.15) is 0 Å². The first kappa shape index (κ1) is 24.2. The number of furan rings is 1. The maximum atomic E-state index is 6.42. The fraction of sp³-hybridized carbons (Fsp3) is 0. The third-order valence-corrected chi connectivity index (χ3v) is 8.05. The molecule has 0 bridgehead atoms. The quantitative estimate of drug-likeness (QED) is 0.217. The molecule has 0 atom stereocenters. The van der Waals surface area contributed by atoms with E-state index in [0.717, 1.165) is 39.0 Å². The molecule has 0 fully saturated rings. The summed E-state index contributed by atoms with van der Waals surface area (Å²) in [6.07, 6.45) is 0. The van der Waals surface area contributed by atoms with E-state index in [1.807, 2.05) is 12.1 Å². The molecule has 0 spiro atoms. The summed E-state index contributed by atoms with van der Waals surface area (Å²) in [6, 6.07) is 57.9. The summed E-state index contributed by atoms with van der Waals surface area (Å²) in [7, 11) is 0. The molecule has 8 aromatic rings. The van der Waals surface area contributed by atoms with Gasteiger partial charge in [-0.15, -0.1) is 0 Å². The van der Waals surface area contributed by atoms with Crippen molar-refractivity contribution in [1.29, 1.82) is 0 Å². The first-order valence-electron chi connectivity index (χ1n) is 14.3. The minimum atomic E-state index is 0.889. The Kier molecular flexibility index (Phi) is 5.82. The second kappa shape index (κ2) is 10.1. The van der Waals surface area contributed by atoms with E-state index >= 15 is 0 Å². The lowest BCUT2D eigenvalue weighted by molar-refractivity contribution is 0.669. The third kappa shape index (κ3) is 4.13. The largest absolute Gasteiger partial charge is 0.456 e. The smallest absolute Gasteiger partial charge is 0.138 e. The lowest BCUT2D eigenvalue weighted by Gasteiger charge is -2.27. The normalized spacial score (nSPS) is 11.3. The van der Waals surface area contributed by atoms with Crippen molar-refractivity contribution in [3.8, 4) is 22.3 Å². The van der Waals surface area contributed by atoms with Gasteiger partial charge in [0, 0.05) is 33.6 Å². The maximum Gasteiger partial charge on any atom is 0.138 e. The predicted octanol–water partition coefficient (Wildman–Crippen LogP) is 11.5. The zero-order valence-electron chi connectivity index (χ0n) is 22.9. The molecule has 2 heteroatoms. The summed E-state index contributed by atoms with van der Waals surface area (Å²) < 4.78 is 6.42. The first-order chi connectivity index (χ1) is 20.8. The molecular weight excluding hydrogens is 510 g/mol. The number of para-hydroxylation sites is 2. The highest BCUT2D eigenvalue weighted by molar-refractivity contribution is 6.22. The SMILES string of the molecule is c1ccc(-c2cccc(-c3ccc(N(c4ccccc4)c4cc5oc6ccccc6c5c5ccccc45)cc3)c2)cc1. The fourth-order valence-electron chi connectivity index (χ4n) is 6.07. The number of hydrogen-bond donors (Lipinski definition) is 0. The molecule has 1 heterocycles. The molecular formula is C40H27NO. The molecule has 8 rings (SSSR count). The number of nitrogens with zero attached hydrogens (tertiary/aromatic N) is 1. The van der Waals surface area contributed by atoms with Gasteiger partial charge < -0.3 is 9.32 Å². The van der Waals surface area contributed by atoms with Gasteiger partial charge in [0.2, 0.25) is 0 Å². The number of hydrogen-bond acceptors (Lipinski definition) is 2. The standard InChI is InChI=1S/C40H27NO/c1-3-12-28(13-4-1)30-14-11-15-31(26-30)29-22-24-33(25-23-29)41(32-16-5-2-6-17-32)37-27-39-40(35-19-8-7-18-34(35)37)36-20-9-10-21-38(36)42-39/h1-27H. The van der Waals surface area contributed by atoms with Crippen LogP contribution in [0.15, 0.2) is 168 Å². The van der Waals surface area contributed by atoms with Crippen LogP contribution in [0.25, 0.3) is 55.0 Å². The Morgan fingerprint density at radius 3 is 1.64 bits per heavy atom. The summed E-state index contributed by atoms with van der Waals surface area (Å²) in [4.78, 5) is 2.33. The molecule has 42 heavy (non-hydrogen) atoms. The van der Waals surface area contributed by atoms with Crippen LogP contribution in [0, 0.1) is 0 Å². The molecule has 0 radical (unpaired) electrons. The Morgan fingerprint density at radius 1 is 0.357 bits per heavy atom. The van der Waals surface area contributed by atoms with E-state index in [1.165, 1.54) is 33.0 Å². The fourth-order valence-corrected chi connectivity index (χ4v) is 6.07. The lowest BCUT2D eigenvalue weighted by Crippen LogP contribution is -2.10. The zero-order chi connectivity index (χ0) is 27.9. The van der Waals surface area contributed by atoms with Crippen molar-refractivity contribution in [2.24, 2.45) is 0 Å². The highest BCUT2D eigenvalue weighted by Crippen LogP contribution is 2.44. The van der Waals surface area contributed by atoms with Gasteiger partial charge in [0.15, 0.2) is 0 Å². The third-order valence-electron chi connectivity index (χ3n) is 8.05. The van der Waals surface area contributed by atoms with Crippen molar-refractivity contribution in [1.82, 2.24) is 0 Å². The summed E-state index contributed by atoms with van der Waals surface area (Å²) in [5.74, 6) is 0. The van der Waals surface area contributed by atoms with Gasteiger partial charge >= 0.3 is 0 Å². The van der Waals surface area contributed by atoms with Gasteiger partial charge in [-0.3, -0.25) is 0 Å². The number of fused-ring (bicyclic) bond motifs is 5. The minimum absolute atomic E-state index is 0.889. The van der Waals surface area contributed by atoms with Crippen molar-refractivity contribution in [3.63, 3.8) is 0 Å². The summed E-state index contributed by atoms with van der Waals surface area (Å²) in [5, 5.41) is 4.67. The molecule has 1 aromatic heterocycles. The molecule has 0 amide bonds. The van der Waals surface area contributed by atoms with Crippen LogP contribution in [0.5, 0.6) is 0 Å². The molecule has 0 saturated heterocycles. The van der Waals surface area contributed by atoms with Crippen LogP contribution in [-0.2, 0) is 0 Å². The molecule has 0 N–H and O–H groups in total. The van der Waals surface area contributed by atoms with Gasteiger partial charge in [0.25, 0.3) is 0 Å². The van der Waals surface area contributed by atoms with E-state index < -0.39 is 0 Å². The second-order valence-corrected chi connectivity index (χ2v) is 10.6. The number of anilines is 3. The van der Waals surface area contributed by atoms with Gasteiger partial charge in [-0.05, 0) is 64.0 Å². The monoisotopic (exact) mass is 537 g/mol. The van der Waals surface area contributed by atoms with E-state index in [4.69, 9.17) is 4.42 Å². The van der Waals surface area contributed by atoms with E-state index in [9.17, 15) is 0 Å². The Hall–Kier alpha value is -5.60. The first-order valence-corrected chi connectivity index (χ1v) is 14.3. The Balaban J connectivity index is 1.29. The predicted molar refractivity (Wildman–Crippen MR) is 177 cm³/mol. The average Bonchev–Trinajstić information content (AvgIpc) is 3.45. The summed E-state index contributed by atoms with van der Waals surface area (Å²) >= 11 is 0. The summed E-state index contributed by atoms with van der Waals surface area (Å²) in [5.41, 5.74) is 9.88. The van der Waals surface area contributed by atoms with Crippen LogP contribution in [0.1, 0.15) is 0 Å². The van der Waals surface area contributed by atoms with Crippen LogP contribution in [0.2, 0.25) is 0 Å². The minimum Gasteiger partial charge on any atom is -0.456 e. The highest BCUT2D eigenvalue weighted by atomic mass is 16.3. The van der Waals surface area contributed by atoms with Crippen molar-refractivity contribution in [2.75, 3.05) is 4.90 Å². The molecule has 7 aromatic carbocycles. The Labute approximate surface area is 244 Å². The molecule has 198 valence electrons. The van der Waals surface area contributed by atoms with Crippen LogP contribution >= 0.6 is 0 Å². The molecule has 2 nitrogen and oxygen atoms in total. The van der Waals surface area contributed by atoms with E-state index in [-0.39, 0.29) is 0 Å². The van der Waals surface area contributed by atoms with Crippen LogP contribution in [0.4, 0.5) is 17.1 Å². The van der Waals surface area contributed by atoms with Crippen LogP contribution in [0.3, 0.4) is 0 Å². The number of rotatable bonds is 5. The van der Waals surface area contributed by atoms with Crippen molar-refractivity contribution in [2.45, 2.75) is 0 Å². The molecule has 0 aliphatic heterocycles. The van der Waals surface area contributed by atoms with Crippen LogP contribution < -0.4 is 4.90 Å². The zero-order valence-corrected chi connectivity index (χ0v) is 22.9. The Morgan fingerprint density at radius 2 is 0.905 bits per heavy atom. The van der Waals surface area contributed by atoms with E-state index in [0.29, 0.717) is 0 Å². The summed E-state index contributed by atoms with van der Waals surface area (Å²) in [6.45, 7) is 0. The highest BCUT2D eigenvalue weighted by Gasteiger charge is 2.20. The average molecular weight is 538 g/mol. The van der Waals surface area contributed by atoms with E-state index in [1.54, 1.807) is 0 Å². The number of benzene rings is 7. The van der Waals surface area contributed by atoms with Crippen molar-refractivity contribution >= 4 is 49.8 Å². The topological polar surface area (TPSA) is 16.4 Å². The second-order valence-electron chi connectivity index (χ2n) is 10.6. The Bertz CT molecular complexity index is 2180. The van der Waals surface area contributed by atoms with Gasteiger partial charge in [-0.1, -0.05) is 121 Å². The molecule has 0 aliphatic carbocycles. The van der Waals surface area contributed by atoms with Crippen molar-refractivity contribution < 1.29 is 4.42 Å². The van der Waals surface area contributed by atoms with Gasteiger partial charge in [-0.25, -0.2) is 0 Å². The molecule has 0 unspecified atom stereocenters. The molecule has 0 saturated carbocycles. The molecule has 0 aliphatic rings. The van der Waals surface area contributed by atoms with Crippen molar-refractivity contribution in [3.05, 3.63) is 164 Å². The maximum absolute atomic E-state index is 6.42. The van der Waals surface area contributed by atoms with Crippen LogP contribution in [-0.4, -0.2) is 0 Å².